The number of tetrazole rings is 1. The second-order valence-electron chi connectivity index (χ2n) is 4.55. The van der Waals surface area contributed by atoms with Gasteiger partial charge in [-0.25, -0.2) is 0 Å². The molecule has 0 fully saturated rings. The molecule has 0 aliphatic carbocycles. The van der Waals surface area contributed by atoms with Gasteiger partial charge in [-0.3, -0.25) is 0 Å². The lowest BCUT2D eigenvalue weighted by atomic mass is 10.1. The van der Waals surface area contributed by atoms with Crippen LogP contribution in [-0.4, -0.2) is 20.2 Å². The molecule has 106 valence electrons. The van der Waals surface area contributed by atoms with E-state index in [2.05, 4.69) is 15.5 Å². The van der Waals surface area contributed by atoms with Crippen molar-refractivity contribution in [2.24, 2.45) is 0 Å². The van der Waals surface area contributed by atoms with Gasteiger partial charge in [-0.15, -0.1) is 5.10 Å². The van der Waals surface area contributed by atoms with Gasteiger partial charge in [0.1, 0.15) is 0 Å². The lowest BCUT2D eigenvalue weighted by molar-refractivity contribution is 0.787. The maximum Gasteiger partial charge on any atom is 0.189 e. The van der Waals surface area contributed by atoms with Gasteiger partial charge in [0.15, 0.2) is 5.82 Å². The van der Waals surface area contributed by atoms with E-state index < -0.39 is 0 Å². The molecule has 3 aromatic rings. The van der Waals surface area contributed by atoms with Crippen molar-refractivity contribution < 1.29 is 0 Å². The molecule has 0 unspecified atom stereocenters. The van der Waals surface area contributed by atoms with Crippen molar-refractivity contribution in [3.63, 3.8) is 0 Å². The Morgan fingerprint density at radius 3 is 2.67 bits per heavy atom. The minimum absolute atomic E-state index is 0.503. The third-order valence-corrected chi connectivity index (χ3v) is 3.66. The quantitative estimate of drug-likeness (QED) is 0.733. The zero-order valence-electron chi connectivity index (χ0n) is 11.1. The first-order valence-electron chi connectivity index (χ1n) is 6.17. The number of halogens is 2. The van der Waals surface area contributed by atoms with Crippen LogP contribution < -0.4 is 5.73 Å². The number of para-hydroxylation sites is 1. The van der Waals surface area contributed by atoms with Gasteiger partial charge in [0, 0.05) is 16.3 Å². The number of anilines is 1. The number of hydrogen-bond donors (Lipinski definition) is 1. The summed E-state index contributed by atoms with van der Waals surface area (Å²) in [7, 11) is 0. The van der Waals surface area contributed by atoms with Crippen molar-refractivity contribution in [1.29, 1.82) is 0 Å². The smallest absolute Gasteiger partial charge is 0.189 e. The summed E-state index contributed by atoms with van der Waals surface area (Å²) in [5.41, 5.74) is 8.90. The highest BCUT2D eigenvalue weighted by Gasteiger charge is 2.17. The molecule has 0 bridgehead atoms. The van der Waals surface area contributed by atoms with Gasteiger partial charge in [0.25, 0.3) is 0 Å². The molecule has 0 saturated heterocycles. The molecule has 0 radical (unpaired) electrons. The van der Waals surface area contributed by atoms with Crippen molar-refractivity contribution >= 4 is 28.9 Å². The van der Waals surface area contributed by atoms with Crippen LogP contribution in [0.3, 0.4) is 0 Å². The third kappa shape index (κ3) is 2.46. The molecule has 0 aliphatic heterocycles. The molecule has 1 heterocycles. The van der Waals surface area contributed by atoms with E-state index in [1.165, 1.54) is 0 Å². The molecular weight excluding hydrogens is 309 g/mol. The van der Waals surface area contributed by atoms with Crippen molar-refractivity contribution in [3.05, 3.63) is 52.0 Å². The fraction of sp³-hybridized carbons (Fsp3) is 0.0714. The van der Waals surface area contributed by atoms with E-state index in [0.717, 1.165) is 11.3 Å². The van der Waals surface area contributed by atoms with E-state index in [1.54, 1.807) is 28.9 Å². The lowest BCUT2D eigenvalue weighted by Crippen LogP contribution is -2.04. The summed E-state index contributed by atoms with van der Waals surface area (Å²) in [6.07, 6.45) is 0. The highest BCUT2D eigenvalue weighted by Crippen LogP contribution is 2.31. The van der Waals surface area contributed by atoms with E-state index in [-0.39, 0.29) is 0 Å². The summed E-state index contributed by atoms with van der Waals surface area (Å²) in [5.74, 6) is 0.514. The van der Waals surface area contributed by atoms with E-state index >= 15 is 0 Å². The Morgan fingerprint density at radius 1 is 1.14 bits per heavy atom. The molecule has 21 heavy (non-hydrogen) atoms. The zero-order valence-corrected chi connectivity index (χ0v) is 12.6. The van der Waals surface area contributed by atoms with Gasteiger partial charge in [0.2, 0.25) is 0 Å². The summed E-state index contributed by atoms with van der Waals surface area (Å²) >= 11 is 12.2. The topological polar surface area (TPSA) is 69.6 Å². The normalized spacial score (nSPS) is 10.8. The van der Waals surface area contributed by atoms with Gasteiger partial charge in [0.05, 0.1) is 10.7 Å². The molecule has 2 aromatic carbocycles. The Morgan fingerprint density at radius 2 is 1.95 bits per heavy atom. The van der Waals surface area contributed by atoms with Crippen molar-refractivity contribution in [2.45, 2.75) is 6.92 Å². The highest BCUT2D eigenvalue weighted by molar-refractivity contribution is 6.32. The molecule has 0 saturated carbocycles. The Balaban J connectivity index is 2.22. The van der Waals surface area contributed by atoms with E-state index in [9.17, 15) is 0 Å². The van der Waals surface area contributed by atoms with E-state index in [1.807, 2.05) is 19.1 Å². The first-order valence-corrected chi connectivity index (χ1v) is 6.93. The second kappa shape index (κ2) is 5.35. The maximum atomic E-state index is 6.28. The average Bonchev–Trinajstić information content (AvgIpc) is 2.87. The molecule has 1 aromatic heterocycles. The van der Waals surface area contributed by atoms with Crippen LogP contribution in [0.2, 0.25) is 10.0 Å². The summed E-state index contributed by atoms with van der Waals surface area (Å²) in [4.78, 5) is 0. The van der Waals surface area contributed by atoms with Gasteiger partial charge >= 0.3 is 0 Å². The predicted molar refractivity (Wildman–Crippen MR) is 83.8 cm³/mol. The fourth-order valence-corrected chi connectivity index (χ4v) is 2.62. The second-order valence-corrected chi connectivity index (χ2v) is 5.39. The van der Waals surface area contributed by atoms with Crippen LogP contribution >= 0.6 is 23.2 Å². The number of nitrogen functional groups attached to an aromatic ring is 1. The SMILES string of the molecule is Cc1cccc(Cl)c1-n1nnnc1-c1ccc(Cl)cc1N. The Labute approximate surface area is 131 Å². The minimum Gasteiger partial charge on any atom is -0.398 e. The maximum absolute atomic E-state index is 6.28. The Kier molecular flexibility index (Phi) is 3.53. The van der Waals surface area contributed by atoms with Gasteiger partial charge in [-0.05, 0) is 47.2 Å². The summed E-state index contributed by atoms with van der Waals surface area (Å²) < 4.78 is 1.58. The van der Waals surface area contributed by atoms with Crippen LogP contribution in [0.1, 0.15) is 5.56 Å². The molecule has 0 atom stereocenters. The van der Waals surface area contributed by atoms with Gasteiger partial charge < -0.3 is 5.73 Å². The van der Waals surface area contributed by atoms with Crippen LogP contribution in [0.15, 0.2) is 36.4 Å². The van der Waals surface area contributed by atoms with Crippen LogP contribution in [0.25, 0.3) is 17.1 Å². The number of nitrogens with zero attached hydrogens (tertiary/aromatic N) is 4. The highest BCUT2D eigenvalue weighted by atomic mass is 35.5. The molecule has 5 nitrogen and oxygen atoms in total. The molecule has 0 spiro atoms. The van der Waals surface area contributed by atoms with Gasteiger partial charge in [-0.2, -0.15) is 4.68 Å². The first kappa shape index (κ1) is 13.9. The number of rotatable bonds is 2. The third-order valence-electron chi connectivity index (χ3n) is 3.12. The molecule has 3 rings (SSSR count). The predicted octanol–water partition coefficient (Wildman–Crippen LogP) is 3.53. The molecule has 7 heteroatoms. The Bertz CT molecular complexity index is 793. The van der Waals surface area contributed by atoms with Crippen LogP contribution in [0.4, 0.5) is 5.69 Å². The van der Waals surface area contributed by atoms with Crippen molar-refractivity contribution in [3.8, 4) is 17.1 Å². The first-order chi connectivity index (χ1) is 10.1. The molecule has 2 N–H and O–H groups in total. The fourth-order valence-electron chi connectivity index (χ4n) is 2.13. The van der Waals surface area contributed by atoms with Crippen molar-refractivity contribution in [1.82, 2.24) is 20.2 Å². The molecule has 0 aliphatic rings. The lowest BCUT2D eigenvalue weighted by Gasteiger charge is -2.11. The monoisotopic (exact) mass is 319 g/mol. The van der Waals surface area contributed by atoms with Crippen LogP contribution in [-0.2, 0) is 0 Å². The summed E-state index contributed by atoms with van der Waals surface area (Å²) in [5, 5.41) is 12.9. The minimum atomic E-state index is 0.503. The Hall–Kier alpha value is -2.11. The number of hydrogen-bond acceptors (Lipinski definition) is 4. The van der Waals surface area contributed by atoms with Crippen molar-refractivity contribution in [2.75, 3.05) is 5.73 Å². The number of aromatic nitrogens is 4. The zero-order chi connectivity index (χ0) is 15.0. The van der Waals surface area contributed by atoms with E-state index in [4.69, 9.17) is 28.9 Å². The largest absolute Gasteiger partial charge is 0.398 e. The van der Waals surface area contributed by atoms with Crippen LogP contribution in [0, 0.1) is 6.92 Å². The number of benzene rings is 2. The average molecular weight is 320 g/mol. The summed E-state index contributed by atoms with van der Waals surface area (Å²) in [6.45, 7) is 1.94. The van der Waals surface area contributed by atoms with E-state index in [0.29, 0.717) is 27.1 Å². The number of aryl methyl sites for hydroxylation is 1. The van der Waals surface area contributed by atoms with Crippen LogP contribution in [0.5, 0.6) is 0 Å². The number of nitrogens with two attached hydrogens (primary N) is 1. The standard InChI is InChI=1S/C14H11Cl2N5/c1-8-3-2-4-11(16)13(8)21-14(18-19-20-21)10-6-5-9(15)7-12(10)17/h2-7H,17H2,1H3. The van der Waals surface area contributed by atoms with Gasteiger partial charge in [-0.1, -0.05) is 35.3 Å². The summed E-state index contributed by atoms with van der Waals surface area (Å²) in [6, 6.07) is 10.8. The molecule has 0 amide bonds. The molecular formula is C14H11Cl2N5.